The standard InChI is InChI=1S/C20H21Cl2N3O2/c21-14-4-1-3-13(11-14)19(27)25-20(23-16-7-9-18(26)10-8-16)24-17-6-2-5-15(22)12-17/h1-6,11-12,16,18,26H,7-10H2,(H2,23,24,25,27). The van der Waals surface area contributed by atoms with Crippen molar-refractivity contribution in [3.63, 3.8) is 0 Å². The maximum absolute atomic E-state index is 12.6. The van der Waals surface area contributed by atoms with Gasteiger partial charge in [0.05, 0.1) is 12.1 Å². The number of aliphatic hydroxyl groups is 1. The smallest absolute Gasteiger partial charge is 0.258 e. The van der Waals surface area contributed by atoms with Crippen LogP contribution in [0.2, 0.25) is 10.0 Å². The summed E-state index contributed by atoms with van der Waals surface area (Å²) in [6.07, 6.45) is 2.70. The molecule has 1 fully saturated rings. The van der Waals surface area contributed by atoms with Crippen molar-refractivity contribution in [1.82, 2.24) is 5.32 Å². The summed E-state index contributed by atoms with van der Waals surface area (Å²) in [5.41, 5.74) is 1.17. The Balaban J connectivity index is 1.79. The molecule has 0 spiro atoms. The first-order chi connectivity index (χ1) is 13.0. The number of carbonyl (C=O) groups is 1. The summed E-state index contributed by atoms with van der Waals surface area (Å²) in [5, 5.41) is 16.7. The van der Waals surface area contributed by atoms with Crippen molar-refractivity contribution in [1.29, 1.82) is 0 Å². The first kappa shape index (κ1) is 19.7. The molecule has 2 aromatic rings. The molecule has 0 aliphatic heterocycles. The van der Waals surface area contributed by atoms with Crippen LogP contribution in [0.1, 0.15) is 36.0 Å². The molecular formula is C20H21Cl2N3O2. The van der Waals surface area contributed by atoms with Gasteiger partial charge in [-0.2, -0.15) is 0 Å². The average molecular weight is 406 g/mol. The number of guanidine groups is 1. The van der Waals surface area contributed by atoms with Crippen LogP contribution >= 0.6 is 23.2 Å². The van der Waals surface area contributed by atoms with Gasteiger partial charge in [0.1, 0.15) is 0 Å². The van der Waals surface area contributed by atoms with E-state index in [9.17, 15) is 9.90 Å². The number of aliphatic hydroxyl groups excluding tert-OH is 1. The molecule has 1 saturated carbocycles. The van der Waals surface area contributed by atoms with E-state index >= 15 is 0 Å². The molecule has 2 aromatic carbocycles. The lowest BCUT2D eigenvalue weighted by Gasteiger charge is -2.23. The summed E-state index contributed by atoms with van der Waals surface area (Å²) in [6, 6.07) is 14.0. The lowest BCUT2D eigenvalue weighted by Crippen LogP contribution is -2.37. The van der Waals surface area contributed by atoms with Crippen LogP contribution in [0.15, 0.2) is 53.5 Å². The summed E-state index contributed by atoms with van der Waals surface area (Å²) in [5.74, 6) is 0.0465. The van der Waals surface area contributed by atoms with Crippen LogP contribution in [0.25, 0.3) is 0 Å². The van der Waals surface area contributed by atoms with Crippen molar-refractivity contribution >= 4 is 40.8 Å². The minimum atomic E-state index is -0.304. The van der Waals surface area contributed by atoms with Crippen molar-refractivity contribution in [2.45, 2.75) is 37.8 Å². The second-order valence-electron chi connectivity index (χ2n) is 6.54. The fourth-order valence-electron chi connectivity index (χ4n) is 2.98. The third-order valence-corrected chi connectivity index (χ3v) is 4.85. The quantitative estimate of drug-likeness (QED) is 0.519. The fraction of sp³-hybridized carbons (Fsp3) is 0.300. The van der Waals surface area contributed by atoms with Gasteiger partial charge >= 0.3 is 0 Å². The van der Waals surface area contributed by atoms with E-state index in [0.717, 1.165) is 18.5 Å². The van der Waals surface area contributed by atoms with Gasteiger partial charge in [-0.3, -0.25) is 10.1 Å². The Morgan fingerprint density at radius 2 is 1.67 bits per heavy atom. The lowest BCUT2D eigenvalue weighted by molar-refractivity contribution is 0.0976. The van der Waals surface area contributed by atoms with E-state index in [2.05, 4.69) is 15.6 Å². The van der Waals surface area contributed by atoms with Crippen LogP contribution in [0.4, 0.5) is 5.69 Å². The molecule has 1 amide bonds. The van der Waals surface area contributed by atoms with Gasteiger partial charge in [-0.05, 0) is 62.1 Å². The predicted octanol–water partition coefficient (Wildman–Crippen LogP) is 4.49. The third kappa shape index (κ3) is 5.96. The third-order valence-electron chi connectivity index (χ3n) is 4.38. The largest absolute Gasteiger partial charge is 0.393 e. The SMILES string of the molecule is O=C(NC(=NC1CCC(O)CC1)Nc1cccc(Cl)c1)c1cccc(Cl)c1. The molecule has 0 saturated heterocycles. The normalized spacial score (nSPS) is 20.2. The number of anilines is 1. The maximum atomic E-state index is 12.6. The Labute approximate surface area is 168 Å². The summed E-state index contributed by atoms with van der Waals surface area (Å²) in [4.78, 5) is 17.3. The molecule has 0 radical (unpaired) electrons. The number of rotatable bonds is 3. The van der Waals surface area contributed by atoms with Crippen molar-refractivity contribution in [3.05, 3.63) is 64.1 Å². The van der Waals surface area contributed by atoms with E-state index in [0.29, 0.717) is 34.4 Å². The number of aliphatic imine (C=N–C) groups is 1. The van der Waals surface area contributed by atoms with Crippen molar-refractivity contribution in [2.75, 3.05) is 5.32 Å². The van der Waals surface area contributed by atoms with Crippen LogP contribution < -0.4 is 10.6 Å². The molecule has 5 nitrogen and oxygen atoms in total. The van der Waals surface area contributed by atoms with Crippen molar-refractivity contribution < 1.29 is 9.90 Å². The zero-order valence-corrected chi connectivity index (χ0v) is 16.2. The maximum Gasteiger partial charge on any atom is 0.258 e. The van der Waals surface area contributed by atoms with E-state index in [-0.39, 0.29) is 18.1 Å². The number of hydrogen-bond donors (Lipinski definition) is 3. The second-order valence-corrected chi connectivity index (χ2v) is 7.41. The fourth-order valence-corrected chi connectivity index (χ4v) is 3.36. The Hall–Kier alpha value is -2.08. The molecule has 1 aliphatic carbocycles. The summed E-state index contributed by atoms with van der Waals surface area (Å²) in [6.45, 7) is 0. The highest BCUT2D eigenvalue weighted by atomic mass is 35.5. The zero-order chi connectivity index (χ0) is 19.2. The first-order valence-corrected chi connectivity index (χ1v) is 9.60. The molecule has 0 aromatic heterocycles. The van der Waals surface area contributed by atoms with Gasteiger partial charge in [0, 0.05) is 21.3 Å². The summed E-state index contributed by atoms with van der Waals surface area (Å²) >= 11 is 12.0. The zero-order valence-electron chi connectivity index (χ0n) is 14.7. The molecule has 7 heteroatoms. The molecular weight excluding hydrogens is 385 g/mol. The Bertz CT molecular complexity index is 833. The van der Waals surface area contributed by atoms with E-state index < -0.39 is 0 Å². The van der Waals surface area contributed by atoms with Gasteiger partial charge in [0.2, 0.25) is 5.96 Å². The summed E-state index contributed by atoms with van der Waals surface area (Å²) < 4.78 is 0. The molecule has 3 N–H and O–H groups in total. The molecule has 1 aliphatic rings. The van der Waals surface area contributed by atoms with E-state index in [1.165, 1.54) is 0 Å². The van der Waals surface area contributed by atoms with Gasteiger partial charge in [-0.25, -0.2) is 4.99 Å². The molecule has 27 heavy (non-hydrogen) atoms. The molecule has 142 valence electrons. The minimum Gasteiger partial charge on any atom is -0.393 e. The van der Waals surface area contributed by atoms with Gasteiger partial charge in [0.25, 0.3) is 5.91 Å². The number of nitrogens with zero attached hydrogens (tertiary/aromatic N) is 1. The van der Waals surface area contributed by atoms with Crippen LogP contribution in [-0.2, 0) is 0 Å². The topological polar surface area (TPSA) is 73.7 Å². The Morgan fingerprint density at radius 1 is 1.00 bits per heavy atom. The monoisotopic (exact) mass is 405 g/mol. The van der Waals surface area contributed by atoms with Crippen LogP contribution in [-0.4, -0.2) is 29.1 Å². The van der Waals surface area contributed by atoms with E-state index in [1.54, 1.807) is 36.4 Å². The number of nitrogens with one attached hydrogen (secondary N) is 2. The predicted molar refractivity (Wildman–Crippen MR) is 110 cm³/mol. The highest BCUT2D eigenvalue weighted by molar-refractivity contribution is 6.31. The molecule has 0 heterocycles. The number of halogens is 2. The number of carbonyl (C=O) groups excluding carboxylic acids is 1. The summed E-state index contributed by atoms with van der Waals surface area (Å²) in [7, 11) is 0. The Kier molecular flexibility index (Phi) is 6.72. The number of hydrogen-bond acceptors (Lipinski definition) is 3. The molecule has 0 atom stereocenters. The Morgan fingerprint density at radius 3 is 2.33 bits per heavy atom. The van der Waals surface area contributed by atoms with Crippen LogP contribution in [0, 0.1) is 0 Å². The van der Waals surface area contributed by atoms with E-state index in [1.807, 2.05) is 12.1 Å². The number of benzene rings is 2. The molecule has 3 rings (SSSR count). The van der Waals surface area contributed by atoms with Crippen LogP contribution in [0.5, 0.6) is 0 Å². The molecule has 0 bridgehead atoms. The van der Waals surface area contributed by atoms with Crippen molar-refractivity contribution in [3.8, 4) is 0 Å². The highest BCUT2D eigenvalue weighted by Crippen LogP contribution is 2.22. The first-order valence-electron chi connectivity index (χ1n) is 8.85. The van der Waals surface area contributed by atoms with E-state index in [4.69, 9.17) is 23.2 Å². The van der Waals surface area contributed by atoms with Gasteiger partial charge in [0.15, 0.2) is 0 Å². The lowest BCUT2D eigenvalue weighted by atomic mass is 9.94. The number of amides is 1. The minimum absolute atomic E-state index is 0.0368. The molecule has 0 unspecified atom stereocenters. The van der Waals surface area contributed by atoms with Crippen molar-refractivity contribution in [2.24, 2.45) is 4.99 Å². The van der Waals surface area contributed by atoms with Gasteiger partial charge in [-0.15, -0.1) is 0 Å². The van der Waals surface area contributed by atoms with Gasteiger partial charge in [-0.1, -0.05) is 35.3 Å². The van der Waals surface area contributed by atoms with Gasteiger partial charge < -0.3 is 10.4 Å². The van der Waals surface area contributed by atoms with Crippen LogP contribution in [0.3, 0.4) is 0 Å². The average Bonchev–Trinajstić information content (AvgIpc) is 2.63. The highest BCUT2D eigenvalue weighted by Gasteiger charge is 2.20. The second kappa shape index (κ2) is 9.22.